The van der Waals surface area contributed by atoms with Crippen LogP contribution in [0.2, 0.25) is 0 Å². The van der Waals surface area contributed by atoms with Crippen molar-refractivity contribution in [2.24, 2.45) is 0 Å². The van der Waals surface area contributed by atoms with Crippen LogP contribution in [0.4, 0.5) is 0 Å². The van der Waals surface area contributed by atoms with Gasteiger partial charge in [-0.15, -0.1) is 0 Å². The molecule has 3 heterocycles. The van der Waals surface area contributed by atoms with Crippen molar-refractivity contribution in [3.8, 4) is 0 Å². The van der Waals surface area contributed by atoms with Crippen molar-refractivity contribution < 1.29 is 22.0 Å². The molecule has 1 aliphatic heterocycles. The molecular weight excluding hydrogens is 294 g/mol. The molecule has 0 radical (unpaired) electrons. The van der Waals surface area contributed by atoms with Crippen LogP contribution in [0.15, 0.2) is 45.8 Å². The molecule has 1 fully saturated rings. The summed E-state index contributed by atoms with van der Waals surface area (Å²) in [6.07, 6.45) is 4.70. The van der Waals surface area contributed by atoms with E-state index in [0.29, 0.717) is 24.3 Å². The van der Waals surface area contributed by atoms with E-state index in [2.05, 4.69) is 0 Å². The second kappa shape index (κ2) is 5.40. The molecule has 1 saturated heterocycles. The van der Waals surface area contributed by atoms with E-state index in [1.165, 1.54) is 18.8 Å². The quantitative estimate of drug-likeness (QED) is 0.858. The summed E-state index contributed by atoms with van der Waals surface area (Å²) in [5.74, 6) is 0.104. The highest BCUT2D eigenvalue weighted by Gasteiger charge is 2.36. The van der Waals surface area contributed by atoms with Crippen molar-refractivity contribution in [3.63, 3.8) is 0 Å². The first-order valence-corrected chi connectivity index (χ1v) is 8.33. The predicted octanol–water partition coefficient (Wildman–Crippen LogP) is 1.70. The monoisotopic (exact) mass is 309 g/mol. The number of likely N-dealkylation sites (tertiary alicyclic amines) is 1. The Hall–Kier alpha value is -2.02. The zero-order valence-corrected chi connectivity index (χ0v) is 12.1. The van der Waals surface area contributed by atoms with Gasteiger partial charge in [0, 0.05) is 13.1 Å². The average molecular weight is 309 g/mol. The van der Waals surface area contributed by atoms with Crippen LogP contribution in [-0.2, 0) is 15.6 Å². The number of hydrogen-bond acceptors (Lipinski definition) is 5. The highest BCUT2D eigenvalue weighted by molar-refractivity contribution is 7.91. The molecule has 0 aliphatic carbocycles. The largest absolute Gasteiger partial charge is 0.472 e. The molecule has 1 atom stereocenters. The van der Waals surface area contributed by atoms with Gasteiger partial charge in [-0.3, -0.25) is 4.79 Å². The Morgan fingerprint density at radius 3 is 2.86 bits per heavy atom. The van der Waals surface area contributed by atoms with Gasteiger partial charge in [0.15, 0.2) is 9.84 Å². The maximum absolute atomic E-state index is 12.3. The number of furan rings is 2. The minimum atomic E-state index is -3.33. The predicted molar refractivity (Wildman–Crippen MR) is 74.3 cm³/mol. The number of sulfone groups is 1. The fourth-order valence-electron chi connectivity index (χ4n) is 2.49. The standard InChI is InChI=1S/C14H15NO5S/c16-14(11-4-7-19-9-11)15-5-3-13(8-15)21(17,18)10-12-2-1-6-20-12/h1-2,4,6-7,9,13H,3,5,8,10H2/t13-/m1/s1. The number of rotatable bonds is 4. The van der Waals surface area contributed by atoms with Gasteiger partial charge in [0.25, 0.3) is 5.91 Å². The average Bonchev–Trinajstić information content (AvgIpc) is 3.19. The second-order valence-electron chi connectivity index (χ2n) is 5.06. The van der Waals surface area contributed by atoms with E-state index < -0.39 is 15.1 Å². The van der Waals surface area contributed by atoms with E-state index in [4.69, 9.17) is 8.83 Å². The summed E-state index contributed by atoms with van der Waals surface area (Å²) in [6, 6.07) is 4.88. The molecule has 112 valence electrons. The summed E-state index contributed by atoms with van der Waals surface area (Å²) in [6.45, 7) is 0.652. The molecular formula is C14H15NO5S. The molecule has 7 heteroatoms. The molecule has 2 aromatic heterocycles. The molecule has 2 aromatic rings. The van der Waals surface area contributed by atoms with Crippen LogP contribution in [0, 0.1) is 0 Å². The molecule has 0 bridgehead atoms. The Kier molecular flexibility index (Phi) is 3.59. The van der Waals surface area contributed by atoms with E-state index >= 15 is 0 Å². The summed E-state index contributed by atoms with van der Waals surface area (Å²) in [5.41, 5.74) is 0.444. The summed E-state index contributed by atoms with van der Waals surface area (Å²) in [4.78, 5) is 13.7. The highest BCUT2D eigenvalue weighted by atomic mass is 32.2. The molecule has 6 nitrogen and oxygen atoms in total. The normalized spacial score (nSPS) is 19.0. The molecule has 3 rings (SSSR count). The van der Waals surface area contributed by atoms with Gasteiger partial charge in [-0.25, -0.2) is 8.42 Å². The van der Waals surface area contributed by atoms with E-state index in [0.717, 1.165) is 0 Å². The molecule has 1 amide bonds. The lowest BCUT2D eigenvalue weighted by molar-refractivity contribution is 0.0792. The van der Waals surface area contributed by atoms with Crippen molar-refractivity contribution in [1.82, 2.24) is 4.90 Å². The smallest absolute Gasteiger partial charge is 0.257 e. The van der Waals surface area contributed by atoms with Crippen LogP contribution in [0.3, 0.4) is 0 Å². The van der Waals surface area contributed by atoms with Gasteiger partial charge in [-0.05, 0) is 24.6 Å². The summed E-state index contributed by atoms with van der Waals surface area (Å²) in [5, 5.41) is -0.543. The number of amides is 1. The van der Waals surface area contributed by atoms with Crippen LogP contribution >= 0.6 is 0 Å². The first-order valence-electron chi connectivity index (χ1n) is 6.62. The van der Waals surface area contributed by atoms with Crippen molar-refractivity contribution in [3.05, 3.63) is 48.3 Å². The molecule has 0 aromatic carbocycles. The minimum absolute atomic E-state index is 0.127. The maximum Gasteiger partial charge on any atom is 0.257 e. The third-order valence-corrected chi connectivity index (χ3v) is 5.72. The van der Waals surface area contributed by atoms with E-state index in [-0.39, 0.29) is 18.2 Å². The molecule has 0 saturated carbocycles. The molecule has 1 aliphatic rings. The zero-order valence-electron chi connectivity index (χ0n) is 11.3. The molecule has 21 heavy (non-hydrogen) atoms. The van der Waals surface area contributed by atoms with Crippen molar-refractivity contribution in [1.29, 1.82) is 0 Å². The van der Waals surface area contributed by atoms with Gasteiger partial charge in [-0.2, -0.15) is 0 Å². The summed E-state index contributed by atoms with van der Waals surface area (Å²) < 4.78 is 34.6. The van der Waals surface area contributed by atoms with Crippen LogP contribution in [0.25, 0.3) is 0 Å². The van der Waals surface area contributed by atoms with Crippen molar-refractivity contribution >= 4 is 15.7 Å². The minimum Gasteiger partial charge on any atom is -0.472 e. The van der Waals surface area contributed by atoms with Crippen LogP contribution in [0.5, 0.6) is 0 Å². The van der Waals surface area contributed by atoms with Crippen LogP contribution in [0.1, 0.15) is 22.5 Å². The summed E-state index contributed by atoms with van der Waals surface area (Å²) in [7, 11) is -3.33. The van der Waals surface area contributed by atoms with Crippen molar-refractivity contribution in [2.75, 3.05) is 13.1 Å². The van der Waals surface area contributed by atoms with E-state index in [1.807, 2.05) is 0 Å². The Labute approximate surface area is 122 Å². The Bertz CT molecular complexity index is 703. The van der Waals surface area contributed by atoms with Crippen LogP contribution in [-0.4, -0.2) is 37.6 Å². The number of carbonyl (C=O) groups is 1. The van der Waals surface area contributed by atoms with Crippen molar-refractivity contribution in [2.45, 2.75) is 17.4 Å². The Morgan fingerprint density at radius 1 is 1.33 bits per heavy atom. The highest BCUT2D eigenvalue weighted by Crippen LogP contribution is 2.22. The SMILES string of the molecule is O=C(c1ccoc1)N1CC[C@@H](S(=O)(=O)Cc2ccco2)C1. The second-order valence-corrected chi connectivity index (χ2v) is 7.34. The third-order valence-electron chi connectivity index (χ3n) is 3.63. The van der Waals surface area contributed by atoms with E-state index in [9.17, 15) is 13.2 Å². The summed E-state index contributed by atoms with van der Waals surface area (Å²) >= 11 is 0. The van der Waals surface area contributed by atoms with Crippen LogP contribution < -0.4 is 0 Å². The lowest BCUT2D eigenvalue weighted by atomic mass is 10.3. The van der Waals surface area contributed by atoms with Gasteiger partial charge < -0.3 is 13.7 Å². The lowest BCUT2D eigenvalue weighted by Crippen LogP contribution is -2.32. The van der Waals surface area contributed by atoms with Gasteiger partial charge in [0.2, 0.25) is 0 Å². The maximum atomic E-state index is 12.3. The van der Waals surface area contributed by atoms with Gasteiger partial charge in [0.05, 0.1) is 23.3 Å². The molecule has 0 unspecified atom stereocenters. The zero-order chi connectivity index (χ0) is 14.9. The first kappa shape index (κ1) is 13.9. The lowest BCUT2D eigenvalue weighted by Gasteiger charge is -2.15. The number of hydrogen-bond donors (Lipinski definition) is 0. The number of nitrogens with zero attached hydrogens (tertiary/aromatic N) is 1. The van der Waals surface area contributed by atoms with Gasteiger partial charge in [0.1, 0.15) is 17.8 Å². The third kappa shape index (κ3) is 2.87. The number of carbonyl (C=O) groups excluding carboxylic acids is 1. The first-order chi connectivity index (χ1) is 10.1. The molecule has 0 spiro atoms. The molecule has 0 N–H and O–H groups in total. The van der Waals surface area contributed by atoms with Gasteiger partial charge >= 0.3 is 0 Å². The fourth-order valence-corrected chi connectivity index (χ4v) is 4.15. The Balaban J connectivity index is 1.68. The fraction of sp³-hybridized carbons (Fsp3) is 0.357. The van der Waals surface area contributed by atoms with E-state index in [1.54, 1.807) is 23.1 Å². The van der Waals surface area contributed by atoms with Gasteiger partial charge in [-0.1, -0.05) is 0 Å². The Morgan fingerprint density at radius 2 is 2.19 bits per heavy atom. The topological polar surface area (TPSA) is 80.7 Å².